The molecule has 0 amide bonds. The Hall–Kier alpha value is -4.05. The summed E-state index contributed by atoms with van der Waals surface area (Å²) in [6, 6.07) is 19.0. The Morgan fingerprint density at radius 2 is 1.86 bits per heavy atom. The van der Waals surface area contributed by atoms with Gasteiger partial charge in [-0.05, 0) is 25.1 Å². The molecule has 0 aliphatic rings. The van der Waals surface area contributed by atoms with Crippen molar-refractivity contribution < 1.29 is 9.53 Å². The molecule has 1 aromatic heterocycles. The van der Waals surface area contributed by atoms with E-state index in [4.69, 9.17) is 10.5 Å². The summed E-state index contributed by atoms with van der Waals surface area (Å²) in [5.74, 6) is -0.620. The molecule has 0 spiro atoms. The van der Waals surface area contributed by atoms with Crippen LogP contribution in [0.3, 0.4) is 0 Å². The molecular weight excluding hydrogens is 354 g/mol. The number of nitrogens with two attached hydrogens (primary N) is 1. The molecule has 0 fully saturated rings. The number of nitrogens with one attached hydrogen (secondary N) is 1. The first-order chi connectivity index (χ1) is 13.6. The van der Waals surface area contributed by atoms with Crippen LogP contribution >= 0.6 is 0 Å². The molecule has 0 aliphatic heterocycles. The predicted molar refractivity (Wildman–Crippen MR) is 109 cm³/mol. The number of carbonyl (C=O) groups is 1. The Morgan fingerprint density at radius 3 is 2.54 bits per heavy atom. The number of esters is 1. The van der Waals surface area contributed by atoms with Crippen molar-refractivity contribution in [2.45, 2.75) is 6.92 Å². The average Bonchev–Trinajstić information content (AvgIpc) is 3.08. The summed E-state index contributed by atoms with van der Waals surface area (Å²) in [7, 11) is 1.27. The Kier molecular flexibility index (Phi) is 5.42. The van der Waals surface area contributed by atoms with Gasteiger partial charge in [0.05, 0.1) is 35.4 Å². The van der Waals surface area contributed by atoms with Gasteiger partial charge in [0.25, 0.3) is 0 Å². The third-order valence-electron chi connectivity index (χ3n) is 4.22. The molecule has 0 atom stereocenters. The maximum atomic E-state index is 12.3. The van der Waals surface area contributed by atoms with Gasteiger partial charge >= 0.3 is 5.97 Å². The van der Waals surface area contributed by atoms with Gasteiger partial charge in [-0.25, -0.2) is 4.79 Å². The van der Waals surface area contributed by atoms with Gasteiger partial charge in [0.15, 0.2) is 5.69 Å². The number of ether oxygens (including phenoxy) is 1. The highest BCUT2D eigenvalue weighted by Crippen LogP contribution is 2.27. The number of methoxy groups -OCH3 is 1. The number of rotatable bonds is 5. The minimum absolute atomic E-state index is 0.0844. The predicted octanol–water partition coefficient (Wildman–Crippen LogP) is 3.55. The standard InChI is InChI=1S/C21H19N5O2/c1-14(24-25-16-8-4-3-5-9-16)17-10-6-7-11-18(17)26-13-15(12-22)19(23)20(26)21(27)28-2/h3-11,13,25H,23H2,1-2H3. The molecule has 0 aliphatic carbocycles. The number of anilines is 2. The van der Waals surface area contributed by atoms with Gasteiger partial charge in [-0.15, -0.1) is 0 Å². The van der Waals surface area contributed by atoms with Gasteiger partial charge in [0, 0.05) is 11.8 Å². The highest BCUT2D eigenvalue weighted by Gasteiger charge is 2.23. The first kappa shape index (κ1) is 18.7. The van der Waals surface area contributed by atoms with Crippen molar-refractivity contribution in [3.05, 3.63) is 77.6 Å². The number of nitrogens with zero attached hydrogens (tertiary/aromatic N) is 3. The molecule has 140 valence electrons. The lowest BCUT2D eigenvalue weighted by Gasteiger charge is -2.13. The van der Waals surface area contributed by atoms with E-state index in [1.807, 2.05) is 67.6 Å². The van der Waals surface area contributed by atoms with Gasteiger partial charge in [-0.3, -0.25) is 5.43 Å². The highest BCUT2D eigenvalue weighted by molar-refractivity contribution is 6.03. The number of aromatic nitrogens is 1. The molecule has 0 bridgehead atoms. The molecule has 7 heteroatoms. The van der Waals surface area contributed by atoms with Crippen molar-refractivity contribution in [1.29, 1.82) is 5.26 Å². The number of carbonyl (C=O) groups excluding carboxylic acids is 1. The van der Waals surface area contributed by atoms with E-state index in [1.54, 1.807) is 4.57 Å². The molecule has 28 heavy (non-hydrogen) atoms. The van der Waals surface area contributed by atoms with E-state index in [9.17, 15) is 10.1 Å². The number of hydrazone groups is 1. The summed E-state index contributed by atoms with van der Waals surface area (Å²) in [6.07, 6.45) is 1.53. The molecule has 3 N–H and O–H groups in total. The van der Waals surface area contributed by atoms with Crippen LogP contribution in [0.5, 0.6) is 0 Å². The summed E-state index contributed by atoms with van der Waals surface area (Å²) >= 11 is 0. The molecule has 0 saturated heterocycles. The van der Waals surface area contributed by atoms with E-state index in [0.29, 0.717) is 11.4 Å². The van der Waals surface area contributed by atoms with Crippen molar-refractivity contribution in [2.75, 3.05) is 18.3 Å². The largest absolute Gasteiger partial charge is 0.464 e. The summed E-state index contributed by atoms with van der Waals surface area (Å²) in [4.78, 5) is 12.3. The topological polar surface area (TPSA) is 105 Å². The van der Waals surface area contributed by atoms with Crippen molar-refractivity contribution >= 4 is 23.1 Å². The number of hydrogen-bond acceptors (Lipinski definition) is 6. The molecule has 0 unspecified atom stereocenters. The smallest absolute Gasteiger partial charge is 0.357 e. The fourth-order valence-electron chi connectivity index (χ4n) is 2.82. The van der Waals surface area contributed by atoms with Crippen LogP contribution in [0.4, 0.5) is 11.4 Å². The van der Waals surface area contributed by atoms with Crippen molar-refractivity contribution in [3.63, 3.8) is 0 Å². The second kappa shape index (κ2) is 8.10. The maximum Gasteiger partial charge on any atom is 0.357 e. The Bertz CT molecular complexity index is 1080. The van der Waals surface area contributed by atoms with E-state index in [2.05, 4.69) is 10.5 Å². The van der Waals surface area contributed by atoms with Crippen LogP contribution in [0, 0.1) is 11.3 Å². The third kappa shape index (κ3) is 3.57. The number of hydrogen-bond donors (Lipinski definition) is 2. The van der Waals surface area contributed by atoms with Gasteiger partial charge in [0.1, 0.15) is 6.07 Å². The second-order valence-electron chi connectivity index (χ2n) is 5.97. The zero-order valence-electron chi connectivity index (χ0n) is 15.5. The number of para-hydroxylation sites is 2. The lowest BCUT2D eigenvalue weighted by atomic mass is 10.1. The summed E-state index contributed by atoms with van der Waals surface area (Å²) in [5.41, 5.74) is 12.4. The maximum absolute atomic E-state index is 12.3. The van der Waals surface area contributed by atoms with Crippen LogP contribution in [0.25, 0.3) is 5.69 Å². The van der Waals surface area contributed by atoms with Crippen LogP contribution < -0.4 is 11.2 Å². The molecule has 2 aromatic carbocycles. The third-order valence-corrected chi connectivity index (χ3v) is 4.22. The van der Waals surface area contributed by atoms with Crippen LogP contribution in [0.2, 0.25) is 0 Å². The van der Waals surface area contributed by atoms with E-state index in [-0.39, 0.29) is 16.9 Å². The van der Waals surface area contributed by atoms with E-state index in [1.165, 1.54) is 13.3 Å². The molecular formula is C21H19N5O2. The molecule has 1 heterocycles. The summed E-state index contributed by atoms with van der Waals surface area (Å²) < 4.78 is 6.42. The van der Waals surface area contributed by atoms with Crippen LogP contribution in [-0.2, 0) is 4.74 Å². The summed E-state index contributed by atoms with van der Waals surface area (Å²) in [5, 5.41) is 13.8. The van der Waals surface area contributed by atoms with Crippen molar-refractivity contribution in [2.24, 2.45) is 5.10 Å². The van der Waals surface area contributed by atoms with Crippen LogP contribution in [0.15, 0.2) is 65.9 Å². The van der Waals surface area contributed by atoms with Crippen LogP contribution in [-0.4, -0.2) is 23.4 Å². The van der Waals surface area contributed by atoms with Gasteiger partial charge in [-0.2, -0.15) is 10.4 Å². The minimum Gasteiger partial charge on any atom is -0.464 e. The number of benzene rings is 2. The second-order valence-corrected chi connectivity index (χ2v) is 5.97. The Morgan fingerprint density at radius 1 is 1.18 bits per heavy atom. The number of nitrogen functional groups attached to an aromatic ring is 1. The first-order valence-electron chi connectivity index (χ1n) is 8.51. The first-order valence-corrected chi connectivity index (χ1v) is 8.51. The Balaban J connectivity index is 2.09. The zero-order chi connectivity index (χ0) is 20.1. The van der Waals surface area contributed by atoms with Crippen LogP contribution in [0.1, 0.15) is 28.5 Å². The average molecular weight is 373 g/mol. The molecule has 3 aromatic rings. The van der Waals surface area contributed by atoms with E-state index in [0.717, 1.165) is 11.3 Å². The minimum atomic E-state index is -0.620. The fraction of sp³-hybridized carbons (Fsp3) is 0.0952. The lowest BCUT2D eigenvalue weighted by Crippen LogP contribution is -2.13. The quantitative estimate of drug-likeness (QED) is 0.404. The monoisotopic (exact) mass is 373 g/mol. The van der Waals surface area contributed by atoms with Gasteiger partial charge in [0.2, 0.25) is 0 Å². The molecule has 7 nitrogen and oxygen atoms in total. The normalized spacial score (nSPS) is 11.0. The lowest BCUT2D eigenvalue weighted by molar-refractivity contribution is 0.0593. The summed E-state index contributed by atoms with van der Waals surface area (Å²) in [6.45, 7) is 1.85. The van der Waals surface area contributed by atoms with Crippen molar-refractivity contribution in [3.8, 4) is 11.8 Å². The fourth-order valence-corrected chi connectivity index (χ4v) is 2.82. The zero-order valence-corrected chi connectivity index (χ0v) is 15.5. The van der Waals surface area contributed by atoms with Crippen molar-refractivity contribution in [1.82, 2.24) is 4.57 Å². The molecule has 0 radical (unpaired) electrons. The highest BCUT2D eigenvalue weighted by atomic mass is 16.5. The Labute approximate surface area is 162 Å². The molecule has 3 rings (SSSR count). The molecule has 0 saturated carbocycles. The van der Waals surface area contributed by atoms with Gasteiger partial charge in [-0.1, -0.05) is 36.4 Å². The SMILES string of the molecule is COC(=O)c1c(N)c(C#N)cn1-c1ccccc1C(C)=NNc1ccccc1. The number of nitriles is 1. The van der Waals surface area contributed by atoms with E-state index < -0.39 is 5.97 Å². The van der Waals surface area contributed by atoms with Gasteiger partial charge < -0.3 is 15.0 Å². The van der Waals surface area contributed by atoms with E-state index >= 15 is 0 Å².